The van der Waals surface area contributed by atoms with E-state index in [1.807, 2.05) is 0 Å². The average Bonchev–Trinajstić information content (AvgIpc) is 3.23. The number of aliphatic hydroxyl groups is 2. The zero-order valence-corrected chi connectivity index (χ0v) is 21.7. The van der Waals surface area contributed by atoms with Crippen molar-refractivity contribution in [2.24, 2.45) is 5.41 Å². The van der Waals surface area contributed by atoms with Crippen LogP contribution in [0, 0.1) is 5.41 Å². The summed E-state index contributed by atoms with van der Waals surface area (Å²) in [7, 11) is 0. The van der Waals surface area contributed by atoms with E-state index in [0.29, 0.717) is 62.6 Å². The van der Waals surface area contributed by atoms with Gasteiger partial charge in [0.25, 0.3) is 0 Å². The first-order valence-electron chi connectivity index (χ1n) is 14.0. The van der Waals surface area contributed by atoms with Gasteiger partial charge in [0.05, 0.1) is 34.4 Å². The Bertz CT molecular complexity index is 1250. The Morgan fingerprint density at radius 1 is 0.897 bits per heavy atom. The Morgan fingerprint density at radius 2 is 1.62 bits per heavy atom. The third-order valence-electron chi connectivity index (χ3n) is 9.81. The highest BCUT2D eigenvalue weighted by Gasteiger charge is 2.57. The summed E-state index contributed by atoms with van der Waals surface area (Å²) in [4.78, 5) is 9.38. The lowest BCUT2D eigenvalue weighted by Crippen LogP contribution is -2.43. The third-order valence-corrected chi connectivity index (χ3v) is 9.81. The number of rotatable bonds is 2. The van der Waals surface area contributed by atoms with E-state index in [9.17, 15) is 23.4 Å². The second-order valence-corrected chi connectivity index (χ2v) is 11.9. The highest BCUT2D eigenvalue weighted by molar-refractivity contribution is 5.54. The molecule has 2 aromatic heterocycles. The molecule has 2 aliphatic carbocycles. The SMILES string of the molecule is OC1CC2(CCC2)C(O)c2nc(C3CCOCC3)c3c(c21)C1(CCOCC1)OC3c1ccc(C(F)(F)F)cn1. The molecule has 7 nitrogen and oxygen atoms in total. The maximum Gasteiger partial charge on any atom is 0.417 e. The number of aromatic nitrogens is 2. The van der Waals surface area contributed by atoms with Gasteiger partial charge < -0.3 is 24.4 Å². The highest BCUT2D eigenvalue weighted by atomic mass is 19.4. The minimum Gasteiger partial charge on any atom is -0.388 e. The van der Waals surface area contributed by atoms with Crippen LogP contribution in [0.25, 0.3) is 0 Å². The minimum atomic E-state index is -4.49. The number of alkyl halides is 3. The maximum absolute atomic E-state index is 13.3. The van der Waals surface area contributed by atoms with E-state index in [-0.39, 0.29) is 11.3 Å². The molecule has 0 aromatic carbocycles. The Balaban J connectivity index is 1.45. The van der Waals surface area contributed by atoms with Crippen molar-refractivity contribution < 1.29 is 37.6 Å². The topological polar surface area (TPSA) is 93.9 Å². The normalized spacial score (nSPS) is 29.7. The molecule has 5 aliphatic rings. The van der Waals surface area contributed by atoms with Crippen LogP contribution < -0.4 is 0 Å². The number of nitrogens with zero attached hydrogens (tertiary/aromatic N) is 2. The van der Waals surface area contributed by atoms with Gasteiger partial charge in [-0.15, -0.1) is 0 Å². The van der Waals surface area contributed by atoms with Gasteiger partial charge in [-0.05, 0) is 49.8 Å². The van der Waals surface area contributed by atoms with Crippen LogP contribution >= 0.6 is 0 Å². The maximum atomic E-state index is 13.3. The summed E-state index contributed by atoms with van der Waals surface area (Å²) in [5.41, 5.74) is 2.02. The zero-order chi connectivity index (χ0) is 27.0. The van der Waals surface area contributed by atoms with Crippen LogP contribution in [-0.4, -0.2) is 46.6 Å². The van der Waals surface area contributed by atoms with E-state index >= 15 is 0 Å². The van der Waals surface area contributed by atoms with Crippen molar-refractivity contribution in [3.05, 3.63) is 57.7 Å². The van der Waals surface area contributed by atoms with Crippen LogP contribution in [0.3, 0.4) is 0 Å². The van der Waals surface area contributed by atoms with Gasteiger partial charge in [-0.3, -0.25) is 9.97 Å². The summed E-state index contributed by atoms with van der Waals surface area (Å²) in [5, 5.41) is 23.3. The van der Waals surface area contributed by atoms with Gasteiger partial charge in [0.15, 0.2) is 0 Å². The average molecular weight is 547 g/mol. The number of ether oxygens (including phenoxy) is 3. The summed E-state index contributed by atoms with van der Waals surface area (Å²) in [5.74, 6) is 0.0388. The Hall–Kier alpha value is -2.11. The number of pyridine rings is 2. The molecule has 7 rings (SSSR count). The Morgan fingerprint density at radius 3 is 2.23 bits per heavy atom. The van der Waals surface area contributed by atoms with Gasteiger partial charge in [-0.1, -0.05) is 6.42 Å². The first kappa shape index (κ1) is 25.8. The second kappa shape index (κ2) is 9.21. The van der Waals surface area contributed by atoms with E-state index in [1.54, 1.807) is 0 Å². The highest BCUT2D eigenvalue weighted by Crippen LogP contribution is 2.63. The van der Waals surface area contributed by atoms with Crippen molar-refractivity contribution >= 4 is 0 Å². The molecule has 2 saturated heterocycles. The predicted molar refractivity (Wildman–Crippen MR) is 132 cm³/mol. The summed E-state index contributed by atoms with van der Waals surface area (Å²) in [6.45, 7) is 2.07. The van der Waals surface area contributed by atoms with Crippen molar-refractivity contribution in [1.82, 2.24) is 9.97 Å². The predicted octanol–water partition coefficient (Wildman–Crippen LogP) is 5.16. The fraction of sp³-hybridized carbons (Fsp3) is 0.655. The molecular weight excluding hydrogens is 513 g/mol. The molecule has 3 fully saturated rings. The molecule has 5 heterocycles. The zero-order valence-electron chi connectivity index (χ0n) is 21.7. The Labute approximate surface area is 224 Å². The van der Waals surface area contributed by atoms with Crippen LogP contribution in [0.4, 0.5) is 13.2 Å². The van der Waals surface area contributed by atoms with E-state index in [2.05, 4.69) is 4.98 Å². The quantitative estimate of drug-likeness (QED) is 0.538. The molecule has 3 unspecified atom stereocenters. The molecule has 2 aromatic rings. The molecule has 0 bridgehead atoms. The number of hydrogen-bond acceptors (Lipinski definition) is 7. The lowest BCUT2D eigenvalue weighted by Gasteiger charge is -2.51. The summed E-state index contributed by atoms with van der Waals surface area (Å²) in [6, 6.07) is 2.43. The molecule has 2 N–H and O–H groups in total. The van der Waals surface area contributed by atoms with Crippen molar-refractivity contribution in [2.75, 3.05) is 26.4 Å². The lowest BCUT2D eigenvalue weighted by molar-refractivity contribution is -0.138. The van der Waals surface area contributed by atoms with Gasteiger partial charge in [-0.25, -0.2) is 0 Å². The fourth-order valence-corrected chi connectivity index (χ4v) is 7.58. The van der Waals surface area contributed by atoms with Crippen LogP contribution in [0.1, 0.15) is 115 Å². The van der Waals surface area contributed by atoms with Gasteiger partial charge in [0.1, 0.15) is 12.2 Å². The molecule has 3 aliphatic heterocycles. The molecule has 0 amide bonds. The molecule has 2 spiro atoms. The largest absolute Gasteiger partial charge is 0.417 e. The van der Waals surface area contributed by atoms with Gasteiger partial charge in [0, 0.05) is 67.9 Å². The first-order chi connectivity index (χ1) is 18.7. The number of halogens is 3. The van der Waals surface area contributed by atoms with E-state index < -0.39 is 35.7 Å². The monoisotopic (exact) mass is 546 g/mol. The van der Waals surface area contributed by atoms with Crippen molar-refractivity contribution in [3.63, 3.8) is 0 Å². The molecule has 1 saturated carbocycles. The molecule has 39 heavy (non-hydrogen) atoms. The van der Waals surface area contributed by atoms with Gasteiger partial charge in [-0.2, -0.15) is 13.2 Å². The van der Waals surface area contributed by atoms with Crippen molar-refractivity contribution in [3.8, 4) is 0 Å². The Kier molecular flexibility index (Phi) is 6.10. The molecule has 3 atom stereocenters. The fourth-order valence-electron chi connectivity index (χ4n) is 7.58. The van der Waals surface area contributed by atoms with Crippen LogP contribution in [0.2, 0.25) is 0 Å². The summed E-state index contributed by atoms with van der Waals surface area (Å²) >= 11 is 0. The van der Waals surface area contributed by atoms with Gasteiger partial charge in [0.2, 0.25) is 0 Å². The van der Waals surface area contributed by atoms with E-state index in [1.165, 1.54) is 6.07 Å². The molecule has 210 valence electrons. The number of hydrogen-bond donors (Lipinski definition) is 2. The third kappa shape index (κ3) is 3.97. The van der Waals surface area contributed by atoms with Crippen LogP contribution in [0.15, 0.2) is 18.3 Å². The van der Waals surface area contributed by atoms with E-state index in [4.69, 9.17) is 19.2 Å². The summed E-state index contributed by atoms with van der Waals surface area (Å²) < 4.78 is 58.2. The van der Waals surface area contributed by atoms with Crippen LogP contribution in [-0.2, 0) is 26.0 Å². The molecule has 10 heteroatoms. The van der Waals surface area contributed by atoms with E-state index in [0.717, 1.165) is 61.2 Å². The first-order valence-corrected chi connectivity index (χ1v) is 14.0. The van der Waals surface area contributed by atoms with Gasteiger partial charge >= 0.3 is 6.18 Å². The molecular formula is C29H33F3N2O5. The standard InChI is InChI=1S/C29H33F3N2O5/c30-29(31,32)17-2-3-18(33-15-17)25-21-22(28(39-25)8-12-38-13-9-28)20-19(35)14-27(6-1-7-27)26(36)24(20)34-23(21)16-4-10-37-11-5-16/h2-3,15-16,19,25-26,35-36H,1,4-14H2. The lowest BCUT2D eigenvalue weighted by atomic mass is 9.57. The smallest absolute Gasteiger partial charge is 0.388 e. The van der Waals surface area contributed by atoms with Crippen LogP contribution in [0.5, 0.6) is 0 Å². The second-order valence-electron chi connectivity index (χ2n) is 11.9. The minimum absolute atomic E-state index is 0.0388. The van der Waals surface area contributed by atoms with Crippen molar-refractivity contribution in [2.45, 2.75) is 87.4 Å². The number of aliphatic hydroxyl groups excluding tert-OH is 2. The summed E-state index contributed by atoms with van der Waals surface area (Å²) in [6.07, 6.45) is -0.234. The molecule has 0 radical (unpaired) electrons. The number of fused-ring (bicyclic) bond motifs is 4. The van der Waals surface area contributed by atoms with Crippen molar-refractivity contribution in [1.29, 1.82) is 0 Å².